The Kier molecular flexibility index (Phi) is 7.71. The van der Waals surface area contributed by atoms with Crippen LogP contribution in [0.3, 0.4) is 0 Å². The van der Waals surface area contributed by atoms with E-state index in [9.17, 15) is 0 Å². The summed E-state index contributed by atoms with van der Waals surface area (Å²) in [5.41, 5.74) is 4.86. The maximum atomic E-state index is 4.73. The predicted octanol–water partition coefficient (Wildman–Crippen LogP) is 6.54. The monoisotopic (exact) mass is 435 g/mol. The molecule has 2 fully saturated rings. The molecule has 0 spiro atoms. The van der Waals surface area contributed by atoms with E-state index in [1.165, 1.54) is 35.1 Å². The fraction of sp³-hybridized carbons (Fsp3) is 0.375. The number of benzene rings is 2. The average Bonchev–Trinajstić information content (AvgIpc) is 3.45. The van der Waals surface area contributed by atoms with Gasteiger partial charge in [-0.25, -0.2) is 0 Å². The van der Waals surface area contributed by atoms with Crippen LogP contribution in [0.15, 0.2) is 60.9 Å². The molecule has 2 aromatic carbocycles. The van der Waals surface area contributed by atoms with Gasteiger partial charge in [-0.1, -0.05) is 73.8 Å². The minimum atomic E-state index is -0.211. The zero-order valence-corrected chi connectivity index (χ0v) is 19.8. The Morgan fingerprint density at radius 3 is 2.15 bits per heavy atom. The quantitative estimate of drug-likeness (QED) is 0.543. The Labute approximate surface area is 190 Å². The van der Waals surface area contributed by atoms with Crippen LogP contribution in [0.1, 0.15) is 44.7 Å². The van der Waals surface area contributed by atoms with Crippen molar-refractivity contribution in [3.8, 4) is 11.1 Å². The second-order valence-electron chi connectivity index (χ2n) is 7.75. The van der Waals surface area contributed by atoms with Gasteiger partial charge < -0.3 is 17.1 Å². The Bertz CT molecular complexity index is 769. The van der Waals surface area contributed by atoms with E-state index in [1.807, 2.05) is 0 Å². The Morgan fingerprint density at radius 1 is 1.11 bits per heavy atom. The van der Waals surface area contributed by atoms with Crippen molar-refractivity contribution < 1.29 is 32.7 Å². The summed E-state index contributed by atoms with van der Waals surface area (Å²) < 4.78 is 0. The summed E-state index contributed by atoms with van der Waals surface area (Å²) in [5, 5.41) is 8.20. The molecule has 0 aromatic heterocycles. The minimum Gasteiger partial charge on any atom is -0.473 e. The Hall–Kier alpha value is -1.12. The van der Waals surface area contributed by atoms with Crippen molar-refractivity contribution in [2.45, 2.75) is 46.2 Å². The van der Waals surface area contributed by atoms with Gasteiger partial charge in [0.1, 0.15) is 0 Å². The van der Waals surface area contributed by atoms with Crippen LogP contribution in [0, 0.1) is 25.2 Å². The molecular weight excluding hydrogens is 405 g/mol. The number of rotatable bonds is 4. The van der Waals surface area contributed by atoms with Crippen molar-refractivity contribution >= 4 is 0 Å². The molecule has 2 nitrogen and oxygen atoms in total. The average molecular weight is 435 g/mol. The van der Waals surface area contributed by atoms with Crippen molar-refractivity contribution in [1.82, 2.24) is 5.32 Å². The zero-order valence-electron chi connectivity index (χ0n) is 17.0. The molecule has 1 aliphatic carbocycles. The van der Waals surface area contributed by atoms with Gasteiger partial charge in [0, 0.05) is 38.4 Å². The fourth-order valence-electron chi connectivity index (χ4n) is 3.26. The molecule has 2 aliphatic rings. The third-order valence-electron chi connectivity index (χ3n) is 5.14. The summed E-state index contributed by atoms with van der Waals surface area (Å²) in [6.45, 7) is 12.4. The van der Waals surface area contributed by atoms with Crippen molar-refractivity contribution in [2.75, 3.05) is 0 Å². The molecule has 0 amide bonds. The van der Waals surface area contributed by atoms with Gasteiger partial charge in [0.25, 0.3) is 0 Å². The van der Waals surface area contributed by atoms with Crippen LogP contribution in [-0.4, -0.2) is 0 Å². The smallest absolute Gasteiger partial charge is 0.00264 e. The molecule has 1 radical (unpaired) electrons. The largest absolute Gasteiger partial charge is 0.473 e. The topological polar surface area (TPSA) is 26.1 Å². The van der Waals surface area contributed by atoms with Crippen LogP contribution >= 0.6 is 0 Å². The van der Waals surface area contributed by atoms with Gasteiger partial charge in [0.2, 0.25) is 0 Å². The molecule has 2 aromatic rings. The number of hydrogen-bond acceptors (Lipinski definition) is 1. The van der Waals surface area contributed by atoms with Crippen molar-refractivity contribution in [1.29, 1.82) is 0 Å². The molecule has 1 heterocycles. The molecule has 0 bridgehead atoms. The summed E-state index contributed by atoms with van der Waals surface area (Å²) in [6.07, 6.45) is 4.66. The van der Waals surface area contributed by atoms with Crippen LogP contribution < -0.4 is 5.32 Å². The minimum absolute atomic E-state index is 0. The molecule has 1 unspecified atom stereocenters. The first-order chi connectivity index (χ1) is 12.4. The van der Waals surface area contributed by atoms with E-state index in [0.29, 0.717) is 5.92 Å². The van der Waals surface area contributed by atoms with Crippen molar-refractivity contribution in [3.63, 3.8) is 0 Å². The summed E-state index contributed by atoms with van der Waals surface area (Å²) in [5.74, 6) is 2.19. The standard InChI is InChI=1S/C19H19N2.C5H11.Y/c1-13-5-3-6-15(11-13)16-7-4-8-18(12-16)19(17-9-10-17)20-14(2)21-19;1-4-5(2)3;/h3-8,11-12,17,20H,2,9-10H2,1H3;4-5H,1-3H3;/q2*-1;. The van der Waals surface area contributed by atoms with Crippen LogP contribution in [-0.2, 0) is 38.4 Å². The van der Waals surface area contributed by atoms with Gasteiger partial charge in [-0.05, 0) is 42.4 Å². The van der Waals surface area contributed by atoms with E-state index in [0.717, 1.165) is 11.7 Å². The van der Waals surface area contributed by atoms with Gasteiger partial charge >= 0.3 is 0 Å². The van der Waals surface area contributed by atoms with Gasteiger partial charge in [0.05, 0.1) is 0 Å². The van der Waals surface area contributed by atoms with E-state index in [-0.39, 0.29) is 38.4 Å². The number of nitrogens with zero attached hydrogens (tertiary/aromatic N) is 1. The first-order valence-electron chi connectivity index (χ1n) is 9.61. The third-order valence-corrected chi connectivity index (χ3v) is 5.14. The second-order valence-corrected chi connectivity index (χ2v) is 7.75. The second kappa shape index (κ2) is 9.39. The maximum absolute atomic E-state index is 4.73. The van der Waals surface area contributed by atoms with Crippen LogP contribution in [0.25, 0.3) is 16.4 Å². The molecule has 27 heavy (non-hydrogen) atoms. The summed E-state index contributed by atoms with van der Waals surface area (Å²) in [4.78, 5) is 0. The first kappa shape index (κ1) is 22.2. The normalized spacial score (nSPS) is 20.4. The van der Waals surface area contributed by atoms with Gasteiger partial charge in [-0.3, -0.25) is 0 Å². The van der Waals surface area contributed by atoms with Crippen LogP contribution in [0.2, 0.25) is 0 Å². The number of aryl methyl sites for hydroxylation is 1. The zero-order chi connectivity index (χ0) is 18.7. The molecule has 1 aliphatic heterocycles. The van der Waals surface area contributed by atoms with Crippen molar-refractivity contribution in [3.05, 3.63) is 83.8 Å². The summed E-state index contributed by atoms with van der Waals surface area (Å²) >= 11 is 0. The molecule has 4 rings (SSSR count). The molecule has 1 saturated carbocycles. The van der Waals surface area contributed by atoms with Gasteiger partial charge in [-0.15, -0.1) is 6.58 Å². The van der Waals surface area contributed by atoms with E-state index in [4.69, 9.17) is 5.32 Å². The predicted molar refractivity (Wildman–Crippen MR) is 111 cm³/mol. The summed E-state index contributed by atoms with van der Waals surface area (Å²) in [7, 11) is 0. The summed E-state index contributed by atoms with van der Waals surface area (Å²) in [6, 6.07) is 17.4. The molecular formula is C24H30N2Y-2. The van der Waals surface area contributed by atoms with E-state index >= 15 is 0 Å². The van der Waals surface area contributed by atoms with E-state index in [1.54, 1.807) is 0 Å². The van der Waals surface area contributed by atoms with Gasteiger partial charge in [-0.2, -0.15) is 12.8 Å². The molecule has 1 atom stereocenters. The SMILES string of the molecule is C=C1[N-]C(c2cccc(-c3cccc(C)c3)c2)(C2CC2)N1.C[CH-]C(C)C.[Y]. The van der Waals surface area contributed by atoms with E-state index < -0.39 is 0 Å². The van der Waals surface area contributed by atoms with Crippen molar-refractivity contribution in [2.24, 2.45) is 11.8 Å². The number of hydrogen-bond donors (Lipinski definition) is 1. The third kappa shape index (κ3) is 5.24. The molecule has 1 N–H and O–H groups in total. The Morgan fingerprint density at radius 2 is 1.67 bits per heavy atom. The molecule has 141 valence electrons. The van der Waals surface area contributed by atoms with Crippen LogP contribution in [0.4, 0.5) is 0 Å². The van der Waals surface area contributed by atoms with E-state index in [2.05, 4.69) is 94.5 Å². The molecule has 1 saturated heterocycles. The Balaban J connectivity index is 0.000000390. The number of nitrogens with one attached hydrogen (secondary N) is 1. The first-order valence-corrected chi connectivity index (χ1v) is 9.61. The molecule has 3 heteroatoms. The van der Waals surface area contributed by atoms with Gasteiger partial charge in [0.15, 0.2) is 0 Å². The van der Waals surface area contributed by atoms with Crippen LogP contribution in [0.5, 0.6) is 0 Å². The maximum Gasteiger partial charge on any atom is 0.00264 e. The fourth-order valence-corrected chi connectivity index (χ4v) is 3.26.